The minimum absolute atomic E-state index is 0.0268. The summed E-state index contributed by atoms with van der Waals surface area (Å²) in [5.74, 6) is 1.44. The van der Waals surface area contributed by atoms with Crippen LogP contribution in [0.1, 0.15) is 38.0 Å². The molecule has 0 radical (unpaired) electrons. The molecular weight excluding hydrogens is 344 g/mol. The molecule has 134 valence electrons. The highest BCUT2D eigenvalue weighted by Gasteiger charge is 2.51. The highest BCUT2D eigenvalue weighted by Crippen LogP contribution is 2.43. The van der Waals surface area contributed by atoms with Crippen molar-refractivity contribution in [1.82, 2.24) is 20.5 Å². The van der Waals surface area contributed by atoms with E-state index in [0.29, 0.717) is 5.92 Å². The second-order valence-corrected chi connectivity index (χ2v) is 8.93. The van der Waals surface area contributed by atoms with E-state index in [0.717, 1.165) is 38.1 Å². The molecule has 0 spiro atoms. The van der Waals surface area contributed by atoms with Gasteiger partial charge in [-0.3, -0.25) is 20.0 Å². The van der Waals surface area contributed by atoms with Gasteiger partial charge in [-0.15, -0.1) is 11.3 Å². The van der Waals surface area contributed by atoms with Crippen LogP contribution < -0.4 is 10.6 Å². The Labute approximate surface area is 151 Å². The number of hydrogen-bond acceptors (Lipinski definition) is 7. The molecule has 8 heteroatoms. The lowest BCUT2D eigenvalue weighted by molar-refractivity contribution is -0.122. The third-order valence-electron chi connectivity index (χ3n) is 4.93. The molecule has 2 aliphatic rings. The standard InChI is InChI=1S/C16H26N4O2S2/c1-12(22)18-16(20-6-3-13(4-7-20)5-8-21)19-15(2,10-24-16)14-9-17-11-23-14/h9,11,13,19,21H,3-8,10H2,1-2H3,(H,18,22). The zero-order chi connectivity index (χ0) is 17.2. The van der Waals surface area contributed by atoms with Gasteiger partial charge in [-0.1, -0.05) is 11.8 Å². The molecule has 0 bridgehead atoms. The summed E-state index contributed by atoms with van der Waals surface area (Å²) < 4.78 is 0. The van der Waals surface area contributed by atoms with Crippen LogP contribution in [0, 0.1) is 5.92 Å². The summed E-state index contributed by atoms with van der Waals surface area (Å²) in [4.78, 5) is 19.6. The molecule has 1 aromatic heterocycles. The number of piperidine rings is 1. The lowest BCUT2D eigenvalue weighted by Crippen LogP contribution is -2.67. The molecule has 0 aromatic carbocycles. The first-order chi connectivity index (χ1) is 11.5. The molecule has 24 heavy (non-hydrogen) atoms. The number of thioether (sulfide) groups is 1. The first kappa shape index (κ1) is 18.1. The number of aliphatic hydroxyl groups excluding tert-OH is 1. The SMILES string of the molecule is CC(=O)NC1(N2CCC(CCO)CC2)NC(C)(c2cncs2)CS1. The normalized spacial score (nSPS) is 32.1. The highest BCUT2D eigenvalue weighted by atomic mass is 32.2. The van der Waals surface area contributed by atoms with Crippen molar-refractivity contribution in [2.24, 2.45) is 5.92 Å². The van der Waals surface area contributed by atoms with E-state index in [-0.39, 0.29) is 18.1 Å². The van der Waals surface area contributed by atoms with E-state index >= 15 is 0 Å². The van der Waals surface area contributed by atoms with E-state index in [9.17, 15) is 4.79 Å². The molecule has 3 rings (SSSR count). The largest absolute Gasteiger partial charge is 0.396 e. The van der Waals surface area contributed by atoms with Crippen LogP contribution in [0.2, 0.25) is 0 Å². The Morgan fingerprint density at radius 1 is 1.54 bits per heavy atom. The number of nitrogens with one attached hydrogen (secondary N) is 2. The van der Waals surface area contributed by atoms with Gasteiger partial charge in [0.05, 0.1) is 11.0 Å². The van der Waals surface area contributed by atoms with Crippen molar-refractivity contribution in [1.29, 1.82) is 0 Å². The first-order valence-electron chi connectivity index (χ1n) is 8.44. The van der Waals surface area contributed by atoms with Gasteiger partial charge in [0.2, 0.25) is 5.91 Å². The Balaban J connectivity index is 1.76. The van der Waals surface area contributed by atoms with Crippen LogP contribution in [0.15, 0.2) is 11.7 Å². The Bertz CT molecular complexity index is 562. The highest BCUT2D eigenvalue weighted by molar-refractivity contribution is 8.00. The molecule has 0 saturated carbocycles. The van der Waals surface area contributed by atoms with Gasteiger partial charge < -0.3 is 10.4 Å². The lowest BCUT2D eigenvalue weighted by atomic mass is 9.94. The van der Waals surface area contributed by atoms with Crippen LogP contribution in [0.4, 0.5) is 0 Å². The molecule has 1 amide bonds. The average molecular weight is 371 g/mol. The maximum atomic E-state index is 11.9. The molecule has 3 heterocycles. The van der Waals surface area contributed by atoms with Gasteiger partial charge in [0.1, 0.15) is 0 Å². The van der Waals surface area contributed by atoms with Gasteiger partial charge in [0, 0.05) is 43.4 Å². The number of nitrogens with zero attached hydrogens (tertiary/aromatic N) is 2. The second kappa shape index (κ2) is 7.29. The zero-order valence-electron chi connectivity index (χ0n) is 14.2. The van der Waals surface area contributed by atoms with Gasteiger partial charge >= 0.3 is 0 Å². The summed E-state index contributed by atoms with van der Waals surface area (Å²) in [6.45, 7) is 5.85. The smallest absolute Gasteiger partial charge is 0.219 e. The summed E-state index contributed by atoms with van der Waals surface area (Å²) in [6.07, 6.45) is 4.90. The lowest BCUT2D eigenvalue weighted by Gasteiger charge is -2.45. The van der Waals surface area contributed by atoms with Crippen molar-refractivity contribution in [3.8, 4) is 0 Å². The minimum Gasteiger partial charge on any atom is -0.396 e. The van der Waals surface area contributed by atoms with Crippen molar-refractivity contribution in [3.63, 3.8) is 0 Å². The molecule has 1 aromatic rings. The fourth-order valence-electron chi connectivity index (χ4n) is 3.59. The third-order valence-corrected chi connectivity index (χ3v) is 7.57. The van der Waals surface area contributed by atoms with E-state index in [2.05, 4.69) is 27.4 Å². The maximum Gasteiger partial charge on any atom is 0.219 e. The van der Waals surface area contributed by atoms with Crippen molar-refractivity contribution in [2.45, 2.75) is 43.8 Å². The predicted octanol–water partition coefficient (Wildman–Crippen LogP) is 1.54. The molecule has 2 unspecified atom stereocenters. The number of aromatic nitrogens is 1. The van der Waals surface area contributed by atoms with E-state index < -0.39 is 5.12 Å². The van der Waals surface area contributed by atoms with Crippen LogP contribution in [0.25, 0.3) is 0 Å². The fraction of sp³-hybridized carbons (Fsp3) is 0.750. The number of thiazole rings is 1. The van der Waals surface area contributed by atoms with Gasteiger partial charge in [-0.25, -0.2) is 0 Å². The van der Waals surface area contributed by atoms with Crippen LogP contribution in [0.3, 0.4) is 0 Å². The Kier molecular flexibility index (Phi) is 5.51. The topological polar surface area (TPSA) is 77.5 Å². The number of hydrogen-bond donors (Lipinski definition) is 3. The summed E-state index contributed by atoms with van der Waals surface area (Å²) in [5, 5.41) is 15.5. The Hall–Kier alpha value is -0.670. The molecule has 2 saturated heterocycles. The van der Waals surface area contributed by atoms with Crippen molar-refractivity contribution < 1.29 is 9.90 Å². The van der Waals surface area contributed by atoms with Crippen molar-refractivity contribution >= 4 is 29.0 Å². The fourth-order valence-corrected chi connectivity index (χ4v) is 6.03. The summed E-state index contributed by atoms with van der Waals surface area (Å²) in [5.41, 5.74) is 1.65. The number of aliphatic hydroxyl groups is 1. The molecular formula is C16H26N4O2S2. The Morgan fingerprint density at radius 3 is 2.88 bits per heavy atom. The summed E-state index contributed by atoms with van der Waals surface area (Å²) >= 11 is 3.40. The van der Waals surface area contributed by atoms with E-state index in [1.807, 2.05) is 11.7 Å². The van der Waals surface area contributed by atoms with Crippen LogP contribution in [-0.4, -0.2) is 51.5 Å². The van der Waals surface area contributed by atoms with Gasteiger partial charge in [-0.05, 0) is 32.1 Å². The molecule has 0 aliphatic carbocycles. The van der Waals surface area contributed by atoms with Crippen LogP contribution >= 0.6 is 23.1 Å². The molecule has 2 fully saturated rings. The number of amides is 1. The molecule has 2 atom stereocenters. The predicted molar refractivity (Wildman–Crippen MR) is 97.6 cm³/mol. The third kappa shape index (κ3) is 3.62. The first-order valence-corrected chi connectivity index (χ1v) is 10.3. The van der Waals surface area contributed by atoms with Gasteiger partial charge in [0.25, 0.3) is 0 Å². The monoisotopic (exact) mass is 370 g/mol. The number of likely N-dealkylation sites (tertiary alicyclic amines) is 1. The average Bonchev–Trinajstić information content (AvgIpc) is 3.18. The number of carbonyl (C=O) groups excluding carboxylic acids is 1. The van der Waals surface area contributed by atoms with Crippen molar-refractivity contribution in [2.75, 3.05) is 25.4 Å². The molecule has 6 nitrogen and oxygen atoms in total. The number of carbonyl (C=O) groups is 1. The second-order valence-electron chi connectivity index (χ2n) is 6.88. The Morgan fingerprint density at radius 2 is 2.29 bits per heavy atom. The van der Waals surface area contributed by atoms with E-state index in [4.69, 9.17) is 5.11 Å². The maximum absolute atomic E-state index is 11.9. The zero-order valence-corrected chi connectivity index (χ0v) is 15.9. The van der Waals surface area contributed by atoms with E-state index in [1.165, 1.54) is 4.88 Å². The van der Waals surface area contributed by atoms with E-state index in [1.54, 1.807) is 30.0 Å². The molecule has 2 aliphatic heterocycles. The molecule has 3 N–H and O–H groups in total. The van der Waals surface area contributed by atoms with Crippen LogP contribution in [-0.2, 0) is 10.3 Å². The minimum atomic E-state index is -0.561. The summed E-state index contributed by atoms with van der Waals surface area (Å²) in [6, 6.07) is 0. The number of rotatable bonds is 5. The van der Waals surface area contributed by atoms with Crippen molar-refractivity contribution in [3.05, 3.63) is 16.6 Å². The van der Waals surface area contributed by atoms with Gasteiger partial charge in [-0.2, -0.15) is 0 Å². The van der Waals surface area contributed by atoms with Crippen LogP contribution in [0.5, 0.6) is 0 Å². The van der Waals surface area contributed by atoms with Gasteiger partial charge in [0.15, 0.2) is 5.12 Å². The summed E-state index contributed by atoms with van der Waals surface area (Å²) in [7, 11) is 0. The quantitative estimate of drug-likeness (QED) is 0.730.